The Morgan fingerprint density at radius 3 is 2.21 bits per heavy atom. The third kappa shape index (κ3) is 6.58. The standard InChI is InChI=1S/C24H25F3N2O4/c1-2-3-15-32-16-7-14-29-22(30)20(17-8-5-4-6-9-17)21(23(29)31)28-18-10-12-19(13-11-18)33-24(25,26)27/h4-6,8-13,28H,2-3,7,14-16H2,1H3. The van der Waals surface area contributed by atoms with E-state index < -0.39 is 18.2 Å². The summed E-state index contributed by atoms with van der Waals surface area (Å²) in [5.74, 6) is -1.31. The molecule has 9 heteroatoms. The molecule has 3 rings (SSSR count). The zero-order chi connectivity index (χ0) is 23.8. The van der Waals surface area contributed by atoms with E-state index in [9.17, 15) is 22.8 Å². The topological polar surface area (TPSA) is 67.9 Å². The van der Waals surface area contributed by atoms with Gasteiger partial charge in [-0.15, -0.1) is 13.2 Å². The number of hydrogen-bond acceptors (Lipinski definition) is 5. The van der Waals surface area contributed by atoms with Gasteiger partial charge in [0.2, 0.25) is 0 Å². The first-order valence-corrected chi connectivity index (χ1v) is 10.7. The number of alkyl halides is 3. The lowest BCUT2D eigenvalue weighted by molar-refractivity contribution is -0.274. The third-order valence-electron chi connectivity index (χ3n) is 4.90. The van der Waals surface area contributed by atoms with E-state index in [1.165, 1.54) is 12.1 Å². The van der Waals surface area contributed by atoms with Crippen molar-refractivity contribution in [3.63, 3.8) is 0 Å². The number of rotatable bonds is 11. The molecule has 0 aromatic heterocycles. The van der Waals surface area contributed by atoms with Gasteiger partial charge in [-0.3, -0.25) is 14.5 Å². The normalized spacial score (nSPS) is 14.2. The molecule has 1 aliphatic rings. The number of ether oxygens (including phenoxy) is 2. The average molecular weight is 462 g/mol. The van der Waals surface area contributed by atoms with Crippen LogP contribution in [0.1, 0.15) is 31.7 Å². The lowest BCUT2D eigenvalue weighted by Crippen LogP contribution is -2.34. The Morgan fingerprint density at radius 1 is 0.909 bits per heavy atom. The van der Waals surface area contributed by atoms with Gasteiger partial charge in [-0.05, 0) is 42.7 Å². The summed E-state index contributed by atoms with van der Waals surface area (Å²) < 4.78 is 46.6. The first-order valence-electron chi connectivity index (χ1n) is 10.7. The molecular weight excluding hydrogens is 437 g/mol. The minimum Gasteiger partial charge on any atom is -0.406 e. The number of halogens is 3. The van der Waals surface area contributed by atoms with Crippen molar-refractivity contribution in [2.24, 2.45) is 0 Å². The molecular formula is C24H25F3N2O4. The molecule has 33 heavy (non-hydrogen) atoms. The van der Waals surface area contributed by atoms with E-state index in [0.717, 1.165) is 29.9 Å². The molecule has 0 saturated carbocycles. The Labute approximate surface area is 190 Å². The minimum atomic E-state index is -4.80. The van der Waals surface area contributed by atoms with E-state index in [0.29, 0.717) is 30.9 Å². The number of amides is 2. The van der Waals surface area contributed by atoms with Gasteiger partial charge in [0.05, 0.1) is 5.57 Å². The summed E-state index contributed by atoms with van der Waals surface area (Å²) in [7, 11) is 0. The molecule has 0 radical (unpaired) electrons. The Kier molecular flexibility index (Phi) is 8.11. The summed E-state index contributed by atoms with van der Waals surface area (Å²) in [4.78, 5) is 27.4. The number of benzene rings is 2. The second-order valence-electron chi connectivity index (χ2n) is 7.39. The lowest BCUT2D eigenvalue weighted by atomic mass is 10.0. The summed E-state index contributed by atoms with van der Waals surface area (Å²) in [6, 6.07) is 13.7. The van der Waals surface area contributed by atoms with Crippen LogP contribution in [0.5, 0.6) is 5.75 Å². The molecule has 176 valence electrons. The summed E-state index contributed by atoms with van der Waals surface area (Å²) in [6.45, 7) is 3.32. The third-order valence-corrected chi connectivity index (χ3v) is 4.90. The maximum Gasteiger partial charge on any atom is 0.573 e. The quantitative estimate of drug-likeness (QED) is 0.377. The molecule has 0 bridgehead atoms. The summed E-state index contributed by atoms with van der Waals surface area (Å²) >= 11 is 0. The van der Waals surface area contributed by atoms with Gasteiger partial charge in [0.25, 0.3) is 11.8 Å². The Morgan fingerprint density at radius 2 is 1.58 bits per heavy atom. The van der Waals surface area contributed by atoms with Gasteiger partial charge in [-0.1, -0.05) is 43.7 Å². The first-order chi connectivity index (χ1) is 15.8. The Balaban J connectivity index is 1.77. The predicted octanol–water partition coefficient (Wildman–Crippen LogP) is 4.98. The lowest BCUT2D eigenvalue weighted by Gasteiger charge is -2.15. The van der Waals surface area contributed by atoms with Crippen LogP contribution in [-0.4, -0.2) is 42.8 Å². The molecule has 0 atom stereocenters. The van der Waals surface area contributed by atoms with Gasteiger partial charge in [0.15, 0.2) is 0 Å². The van der Waals surface area contributed by atoms with Crippen molar-refractivity contribution in [3.05, 3.63) is 65.9 Å². The molecule has 0 saturated heterocycles. The molecule has 2 aromatic carbocycles. The number of carbonyl (C=O) groups excluding carboxylic acids is 2. The van der Waals surface area contributed by atoms with Crippen molar-refractivity contribution < 1.29 is 32.2 Å². The van der Waals surface area contributed by atoms with Gasteiger partial charge in [0.1, 0.15) is 11.4 Å². The number of hydrogen-bond donors (Lipinski definition) is 1. The minimum absolute atomic E-state index is 0.0718. The molecule has 1 N–H and O–H groups in total. The van der Waals surface area contributed by atoms with Crippen molar-refractivity contribution >= 4 is 23.1 Å². The molecule has 0 aliphatic carbocycles. The van der Waals surface area contributed by atoms with Crippen LogP contribution in [0, 0.1) is 0 Å². The van der Waals surface area contributed by atoms with Gasteiger partial charge in [-0.2, -0.15) is 0 Å². The number of unbranched alkanes of at least 4 members (excludes halogenated alkanes) is 1. The monoisotopic (exact) mass is 462 g/mol. The van der Waals surface area contributed by atoms with Crippen LogP contribution in [0.3, 0.4) is 0 Å². The second kappa shape index (κ2) is 11.0. The van der Waals surface area contributed by atoms with Crippen LogP contribution in [0.15, 0.2) is 60.3 Å². The highest BCUT2D eigenvalue weighted by molar-refractivity contribution is 6.36. The zero-order valence-corrected chi connectivity index (χ0v) is 18.2. The number of nitrogens with zero attached hydrogens (tertiary/aromatic N) is 1. The van der Waals surface area contributed by atoms with Crippen molar-refractivity contribution in [2.45, 2.75) is 32.5 Å². The molecule has 0 unspecified atom stereocenters. The maximum absolute atomic E-state index is 13.1. The molecule has 0 fully saturated rings. The maximum atomic E-state index is 13.1. The summed E-state index contributed by atoms with van der Waals surface area (Å²) in [6.07, 6.45) is -2.33. The van der Waals surface area contributed by atoms with Crippen LogP contribution in [-0.2, 0) is 14.3 Å². The fraction of sp³-hybridized carbons (Fsp3) is 0.333. The van der Waals surface area contributed by atoms with E-state index in [2.05, 4.69) is 17.0 Å². The fourth-order valence-corrected chi connectivity index (χ4v) is 3.33. The largest absolute Gasteiger partial charge is 0.573 e. The van der Waals surface area contributed by atoms with Gasteiger partial charge >= 0.3 is 6.36 Å². The van der Waals surface area contributed by atoms with Gasteiger partial charge in [-0.25, -0.2) is 0 Å². The average Bonchev–Trinajstić information content (AvgIpc) is 3.01. The predicted molar refractivity (Wildman–Crippen MR) is 117 cm³/mol. The van der Waals surface area contributed by atoms with Crippen LogP contribution in [0.4, 0.5) is 18.9 Å². The van der Waals surface area contributed by atoms with E-state index in [1.54, 1.807) is 30.3 Å². The zero-order valence-electron chi connectivity index (χ0n) is 18.2. The SMILES string of the molecule is CCCCOCCCN1C(=O)C(Nc2ccc(OC(F)(F)F)cc2)=C(c2ccccc2)C1=O. The van der Waals surface area contributed by atoms with E-state index in [1.807, 2.05) is 0 Å². The number of nitrogens with one attached hydrogen (secondary N) is 1. The molecule has 1 aliphatic heterocycles. The number of anilines is 1. The number of carbonyl (C=O) groups is 2. The van der Waals surface area contributed by atoms with Crippen molar-refractivity contribution in [1.29, 1.82) is 0 Å². The first kappa shape index (κ1) is 24.3. The van der Waals surface area contributed by atoms with Crippen LogP contribution >= 0.6 is 0 Å². The van der Waals surface area contributed by atoms with Crippen LogP contribution in [0.25, 0.3) is 5.57 Å². The van der Waals surface area contributed by atoms with E-state index in [-0.39, 0.29) is 23.6 Å². The van der Waals surface area contributed by atoms with Crippen LogP contribution < -0.4 is 10.1 Å². The summed E-state index contributed by atoms with van der Waals surface area (Å²) in [5.41, 5.74) is 1.20. The molecule has 2 amide bonds. The highest BCUT2D eigenvalue weighted by atomic mass is 19.4. The van der Waals surface area contributed by atoms with E-state index >= 15 is 0 Å². The van der Waals surface area contributed by atoms with Crippen LogP contribution in [0.2, 0.25) is 0 Å². The number of imide groups is 1. The van der Waals surface area contributed by atoms with Crippen molar-refractivity contribution in [2.75, 3.05) is 25.1 Å². The molecule has 2 aromatic rings. The van der Waals surface area contributed by atoms with Gasteiger partial charge < -0.3 is 14.8 Å². The highest BCUT2D eigenvalue weighted by Crippen LogP contribution is 2.31. The van der Waals surface area contributed by atoms with E-state index in [4.69, 9.17) is 4.74 Å². The Bertz CT molecular complexity index is 989. The highest BCUT2D eigenvalue weighted by Gasteiger charge is 2.39. The van der Waals surface area contributed by atoms with Crippen molar-refractivity contribution in [1.82, 2.24) is 4.90 Å². The smallest absolute Gasteiger partial charge is 0.406 e. The Hall–Kier alpha value is -3.33. The molecule has 6 nitrogen and oxygen atoms in total. The van der Waals surface area contributed by atoms with Crippen molar-refractivity contribution in [3.8, 4) is 5.75 Å². The summed E-state index contributed by atoms with van der Waals surface area (Å²) in [5, 5.41) is 2.91. The second-order valence-corrected chi connectivity index (χ2v) is 7.39. The molecule has 0 spiro atoms. The molecule has 1 heterocycles. The fourth-order valence-electron chi connectivity index (χ4n) is 3.33. The van der Waals surface area contributed by atoms with Gasteiger partial charge in [0, 0.05) is 25.4 Å².